The summed E-state index contributed by atoms with van der Waals surface area (Å²) in [7, 11) is 1.60. The fraction of sp³-hybridized carbons (Fsp3) is 0.417. The zero-order valence-corrected chi connectivity index (χ0v) is 9.97. The second-order valence-corrected chi connectivity index (χ2v) is 4.11. The van der Waals surface area contributed by atoms with Gasteiger partial charge in [-0.25, -0.2) is 0 Å². The number of methoxy groups -OCH3 is 1. The lowest BCUT2D eigenvalue weighted by molar-refractivity contribution is -0.120. The molecule has 0 saturated heterocycles. The molecule has 0 aliphatic rings. The summed E-state index contributed by atoms with van der Waals surface area (Å²) in [4.78, 5) is 11.1. The summed E-state index contributed by atoms with van der Waals surface area (Å²) in [6.07, 6.45) is 0.690. The van der Waals surface area contributed by atoms with E-state index >= 15 is 0 Å². The molecule has 1 unspecified atom stereocenters. The summed E-state index contributed by atoms with van der Waals surface area (Å²) in [5.41, 5.74) is 1.02. The average molecular weight is 227 g/mol. The van der Waals surface area contributed by atoms with Gasteiger partial charge in [-0.15, -0.1) is 0 Å². The van der Waals surface area contributed by atoms with Crippen molar-refractivity contribution in [2.45, 2.75) is 20.3 Å². The van der Waals surface area contributed by atoms with E-state index in [0.717, 1.165) is 11.3 Å². The molecular weight excluding hydrogens is 212 g/mol. The van der Waals surface area contributed by atoms with Gasteiger partial charge >= 0.3 is 0 Å². The number of halogens is 1. The third-order valence-corrected chi connectivity index (χ3v) is 2.70. The molecule has 1 aromatic carbocycles. The third-order valence-electron chi connectivity index (χ3n) is 2.47. The number of carbonyl (C=O) groups is 1. The first-order valence-corrected chi connectivity index (χ1v) is 5.25. The van der Waals surface area contributed by atoms with Crippen LogP contribution >= 0.6 is 11.6 Å². The Morgan fingerprint density at radius 1 is 1.53 bits per heavy atom. The van der Waals surface area contributed by atoms with E-state index in [0.29, 0.717) is 11.4 Å². The Balaban J connectivity index is 2.89. The van der Waals surface area contributed by atoms with Crippen LogP contribution in [-0.2, 0) is 11.2 Å². The van der Waals surface area contributed by atoms with Gasteiger partial charge in [-0.05, 0) is 31.0 Å². The van der Waals surface area contributed by atoms with Crippen LogP contribution in [0.5, 0.6) is 5.75 Å². The largest absolute Gasteiger partial charge is 0.496 e. The second-order valence-electron chi connectivity index (χ2n) is 3.67. The molecule has 0 aromatic heterocycles. The highest BCUT2D eigenvalue weighted by atomic mass is 35.5. The van der Waals surface area contributed by atoms with Crippen molar-refractivity contribution in [3.63, 3.8) is 0 Å². The van der Waals surface area contributed by atoms with Gasteiger partial charge < -0.3 is 4.74 Å². The molecule has 0 fully saturated rings. The molecule has 3 heteroatoms. The molecule has 0 aliphatic heterocycles. The Morgan fingerprint density at radius 2 is 2.20 bits per heavy atom. The lowest BCUT2D eigenvalue weighted by Crippen LogP contribution is -2.10. The molecule has 1 atom stereocenters. The number of ether oxygens (including phenoxy) is 1. The molecule has 0 saturated carbocycles. The fourth-order valence-electron chi connectivity index (χ4n) is 1.36. The molecule has 0 spiro atoms. The number of rotatable bonds is 4. The number of hydrogen-bond donors (Lipinski definition) is 0. The first-order chi connectivity index (χ1) is 7.04. The van der Waals surface area contributed by atoms with Gasteiger partial charge in [-0.3, -0.25) is 4.79 Å². The van der Waals surface area contributed by atoms with Crippen LogP contribution in [0.1, 0.15) is 19.4 Å². The maximum Gasteiger partial charge on any atom is 0.132 e. The van der Waals surface area contributed by atoms with E-state index in [-0.39, 0.29) is 11.7 Å². The van der Waals surface area contributed by atoms with Gasteiger partial charge in [0, 0.05) is 10.9 Å². The predicted molar refractivity (Wildman–Crippen MR) is 61.6 cm³/mol. The van der Waals surface area contributed by atoms with Crippen LogP contribution in [0.25, 0.3) is 0 Å². The third kappa shape index (κ3) is 3.24. The van der Waals surface area contributed by atoms with Crippen molar-refractivity contribution in [2.24, 2.45) is 5.92 Å². The SMILES string of the molecule is COc1cc(Cl)ccc1CC(C)C(C)=O. The molecule has 1 aromatic rings. The summed E-state index contributed by atoms with van der Waals surface area (Å²) >= 11 is 5.85. The molecular formula is C12H15ClO2. The minimum atomic E-state index is 0.0140. The minimum Gasteiger partial charge on any atom is -0.496 e. The van der Waals surface area contributed by atoms with E-state index in [1.54, 1.807) is 20.1 Å². The van der Waals surface area contributed by atoms with Crippen LogP contribution in [0.15, 0.2) is 18.2 Å². The molecule has 0 amide bonds. The van der Waals surface area contributed by atoms with E-state index in [9.17, 15) is 4.79 Å². The topological polar surface area (TPSA) is 26.3 Å². The van der Waals surface area contributed by atoms with Gasteiger partial charge in [-0.2, -0.15) is 0 Å². The summed E-state index contributed by atoms with van der Waals surface area (Å²) in [5.74, 6) is 0.947. The Morgan fingerprint density at radius 3 is 2.73 bits per heavy atom. The minimum absolute atomic E-state index is 0.0140. The van der Waals surface area contributed by atoms with Crippen LogP contribution in [-0.4, -0.2) is 12.9 Å². The molecule has 0 bridgehead atoms. The fourth-order valence-corrected chi connectivity index (χ4v) is 1.52. The highest BCUT2D eigenvalue weighted by Gasteiger charge is 2.12. The van der Waals surface area contributed by atoms with Gasteiger partial charge in [0.25, 0.3) is 0 Å². The van der Waals surface area contributed by atoms with Crippen molar-refractivity contribution in [3.8, 4) is 5.75 Å². The first-order valence-electron chi connectivity index (χ1n) is 4.87. The highest BCUT2D eigenvalue weighted by molar-refractivity contribution is 6.30. The van der Waals surface area contributed by atoms with E-state index in [2.05, 4.69) is 0 Å². The van der Waals surface area contributed by atoms with Crippen molar-refractivity contribution in [3.05, 3.63) is 28.8 Å². The maximum absolute atomic E-state index is 11.1. The van der Waals surface area contributed by atoms with Crippen molar-refractivity contribution < 1.29 is 9.53 Å². The standard InChI is InChI=1S/C12H15ClO2/c1-8(9(2)14)6-10-4-5-11(13)7-12(10)15-3/h4-5,7-8H,6H2,1-3H3. The van der Waals surface area contributed by atoms with Crippen LogP contribution in [0.3, 0.4) is 0 Å². The summed E-state index contributed by atoms with van der Waals surface area (Å²) in [6, 6.07) is 5.48. The summed E-state index contributed by atoms with van der Waals surface area (Å²) in [6.45, 7) is 3.52. The quantitative estimate of drug-likeness (QED) is 0.789. The average Bonchev–Trinajstić information content (AvgIpc) is 2.20. The van der Waals surface area contributed by atoms with E-state index in [4.69, 9.17) is 16.3 Å². The van der Waals surface area contributed by atoms with Gasteiger partial charge in [0.05, 0.1) is 7.11 Å². The highest BCUT2D eigenvalue weighted by Crippen LogP contribution is 2.25. The van der Waals surface area contributed by atoms with Crippen LogP contribution < -0.4 is 4.74 Å². The molecule has 1 rings (SSSR count). The van der Waals surface area contributed by atoms with Gasteiger partial charge in [0.15, 0.2) is 0 Å². The zero-order valence-electron chi connectivity index (χ0n) is 9.21. The molecule has 15 heavy (non-hydrogen) atoms. The summed E-state index contributed by atoms with van der Waals surface area (Å²) in [5, 5.41) is 0.645. The van der Waals surface area contributed by atoms with Crippen molar-refractivity contribution in [1.82, 2.24) is 0 Å². The van der Waals surface area contributed by atoms with E-state index < -0.39 is 0 Å². The van der Waals surface area contributed by atoms with Gasteiger partial charge in [-0.1, -0.05) is 24.6 Å². The number of Topliss-reactive ketones (excluding diaryl/α,β-unsaturated/α-hetero) is 1. The second kappa shape index (κ2) is 5.17. The molecule has 0 N–H and O–H groups in total. The first kappa shape index (κ1) is 12.1. The van der Waals surface area contributed by atoms with Crippen LogP contribution in [0.4, 0.5) is 0 Å². The number of carbonyl (C=O) groups excluding carboxylic acids is 1. The Labute approximate surface area is 95.2 Å². The number of benzene rings is 1. The van der Waals surface area contributed by atoms with Crippen molar-refractivity contribution in [2.75, 3.05) is 7.11 Å². The monoisotopic (exact) mass is 226 g/mol. The van der Waals surface area contributed by atoms with E-state index in [1.165, 1.54) is 0 Å². The molecule has 2 nitrogen and oxygen atoms in total. The van der Waals surface area contributed by atoms with Crippen molar-refractivity contribution in [1.29, 1.82) is 0 Å². The molecule has 0 radical (unpaired) electrons. The summed E-state index contributed by atoms with van der Waals surface area (Å²) < 4.78 is 5.21. The number of hydrogen-bond acceptors (Lipinski definition) is 2. The van der Waals surface area contributed by atoms with E-state index in [1.807, 2.05) is 19.1 Å². The van der Waals surface area contributed by atoms with Gasteiger partial charge in [0.1, 0.15) is 11.5 Å². The van der Waals surface area contributed by atoms with Crippen LogP contribution in [0, 0.1) is 5.92 Å². The van der Waals surface area contributed by atoms with Crippen LogP contribution in [0.2, 0.25) is 5.02 Å². The maximum atomic E-state index is 11.1. The molecule has 82 valence electrons. The predicted octanol–water partition coefficient (Wildman–Crippen LogP) is 3.12. The zero-order chi connectivity index (χ0) is 11.4. The van der Waals surface area contributed by atoms with Gasteiger partial charge in [0.2, 0.25) is 0 Å². The normalized spacial score (nSPS) is 12.3. The Hall–Kier alpha value is -1.02. The Kier molecular flexibility index (Phi) is 4.15. The molecule has 0 heterocycles. The van der Waals surface area contributed by atoms with Crippen molar-refractivity contribution >= 4 is 17.4 Å². The number of ketones is 1. The lowest BCUT2D eigenvalue weighted by Gasteiger charge is -2.11. The molecule has 0 aliphatic carbocycles. The smallest absolute Gasteiger partial charge is 0.132 e. The lowest BCUT2D eigenvalue weighted by atomic mass is 9.97. The Bertz CT molecular complexity index is 361.